The first-order chi connectivity index (χ1) is 15.7. The third-order valence-corrected chi connectivity index (χ3v) is 5.53. The molecule has 0 spiro atoms. The van der Waals surface area contributed by atoms with Gasteiger partial charge in [-0.15, -0.1) is 15.7 Å². The van der Waals surface area contributed by atoms with Gasteiger partial charge in [-0.25, -0.2) is 18.1 Å². The SMILES string of the molecule is C#CCN1C(=O)C(F)(F)Oc2cc(P)c(-c3c(F)c(C)c(N(C(C)=O)C(C)=O)c(F)c3F)cc21. The van der Waals surface area contributed by atoms with Gasteiger partial charge in [-0.3, -0.25) is 19.3 Å². The molecule has 6 nitrogen and oxygen atoms in total. The van der Waals surface area contributed by atoms with Crippen molar-refractivity contribution in [3.63, 3.8) is 0 Å². The number of hydrogen-bond donors (Lipinski definition) is 0. The third-order valence-electron chi connectivity index (χ3n) is 5.05. The first-order valence-corrected chi connectivity index (χ1v) is 10.1. The number of halogens is 5. The summed E-state index contributed by atoms with van der Waals surface area (Å²) >= 11 is 0. The minimum Gasteiger partial charge on any atom is -0.423 e. The van der Waals surface area contributed by atoms with Gasteiger partial charge >= 0.3 is 12.0 Å². The van der Waals surface area contributed by atoms with Crippen molar-refractivity contribution in [2.24, 2.45) is 0 Å². The molecule has 0 N–H and O–H groups in total. The van der Waals surface area contributed by atoms with E-state index in [-0.39, 0.29) is 21.5 Å². The van der Waals surface area contributed by atoms with Crippen molar-refractivity contribution in [1.29, 1.82) is 0 Å². The van der Waals surface area contributed by atoms with Gasteiger partial charge in [0.2, 0.25) is 11.8 Å². The van der Waals surface area contributed by atoms with Crippen molar-refractivity contribution in [2.75, 3.05) is 16.3 Å². The minimum absolute atomic E-state index is 0.0797. The lowest BCUT2D eigenvalue weighted by molar-refractivity contribution is -0.192. The molecule has 3 rings (SSSR count). The Bertz CT molecular complexity index is 1260. The van der Waals surface area contributed by atoms with Crippen LogP contribution in [-0.4, -0.2) is 30.4 Å². The number of fused-ring (bicyclic) bond motifs is 1. The predicted octanol–water partition coefficient (Wildman–Crippen LogP) is 3.43. The van der Waals surface area contributed by atoms with Crippen molar-refractivity contribution < 1.29 is 41.1 Å². The number of terminal acetylenes is 1. The Morgan fingerprint density at radius 3 is 2.26 bits per heavy atom. The number of carbonyl (C=O) groups excluding carboxylic acids is 3. The van der Waals surface area contributed by atoms with Gasteiger partial charge in [0.05, 0.1) is 23.5 Å². The van der Waals surface area contributed by atoms with Crippen LogP contribution in [0.5, 0.6) is 5.75 Å². The molecular weight excluding hydrogens is 482 g/mol. The molecule has 2 aromatic rings. The van der Waals surface area contributed by atoms with Crippen LogP contribution in [0, 0.1) is 36.7 Å². The fourth-order valence-corrected chi connectivity index (χ4v) is 3.97. The van der Waals surface area contributed by atoms with Gasteiger partial charge < -0.3 is 4.74 Å². The third kappa shape index (κ3) is 3.88. The average Bonchev–Trinajstić information content (AvgIpc) is 2.73. The van der Waals surface area contributed by atoms with Crippen LogP contribution in [0.15, 0.2) is 12.1 Å². The van der Waals surface area contributed by atoms with E-state index < -0.39 is 70.4 Å². The number of carbonyl (C=O) groups is 3. The molecule has 1 aliphatic heterocycles. The van der Waals surface area contributed by atoms with Gasteiger partial charge in [0.1, 0.15) is 5.82 Å². The summed E-state index contributed by atoms with van der Waals surface area (Å²) in [5, 5.41) is -0.0797. The number of anilines is 2. The Labute approximate surface area is 192 Å². The molecular formula is C22H16F5N2O4P. The number of nitrogens with zero attached hydrogens (tertiary/aromatic N) is 2. The van der Waals surface area contributed by atoms with E-state index >= 15 is 13.2 Å². The maximum atomic E-state index is 15.4. The monoisotopic (exact) mass is 498 g/mol. The highest BCUT2D eigenvalue weighted by Gasteiger charge is 2.50. The highest BCUT2D eigenvalue weighted by Crippen LogP contribution is 2.43. The predicted molar refractivity (Wildman–Crippen MR) is 116 cm³/mol. The van der Waals surface area contributed by atoms with Crippen LogP contribution in [-0.2, 0) is 14.4 Å². The van der Waals surface area contributed by atoms with Gasteiger partial charge in [-0.2, -0.15) is 8.78 Å². The van der Waals surface area contributed by atoms with E-state index in [1.54, 1.807) is 0 Å². The smallest absolute Gasteiger partial charge is 0.423 e. The Morgan fingerprint density at radius 2 is 1.74 bits per heavy atom. The van der Waals surface area contributed by atoms with Gasteiger partial charge in [-0.05, 0) is 29.9 Å². The molecule has 0 radical (unpaired) electrons. The summed E-state index contributed by atoms with van der Waals surface area (Å²) < 4.78 is 78.1. The second-order valence-electron chi connectivity index (χ2n) is 7.29. The Kier molecular flexibility index (Phi) is 6.42. The maximum Gasteiger partial charge on any atom is 0.483 e. The van der Waals surface area contributed by atoms with E-state index in [2.05, 4.69) is 14.0 Å². The van der Waals surface area contributed by atoms with Crippen LogP contribution >= 0.6 is 9.24 Å². The normalized spacial score (nSPS) is 14.2. The van der Waals surface area contributed by atoms with E-state index in [0.717, 1.165) is 32.9 Å². The number of hydrogen-bond acceptors (Lipinski definition) is 4. The van der Waals surface area contributed by atoms with Crippen molar-refractivity contribution in [3.8, 4) is 29.2 Å². The molecule has 0 aromatic heterocycles. The highest BCUT2D eigenvalue weighted by molar-refractivity contribution is 7.28. The molecule has 0 saturated carbocycles. The van der Waals surface area contributed by atoms with Crippen LogP contribution in [0.25, 0.3) is 11.1 Å². The van der Waals surface area contributed by atoms with Gasteiger partial charge in [0.15, 0.2) is 17.4 Å². The van der Waals surface area contributed by atoms with Gasteiger partial charge in [0, 0.05) is 19.4 Å². The molecule has 2 aromatic carbocycles. The lowest BCUT2D eigenvalue weighted by Crippen LogP contribution is -2.51. The van der Waals surface area contributed by atoms with E-state index in [1.807, 2.05) is 5.92 Å². The molecule has 0 aliphatic carbocycles. The molecule has 1 heterocycles. The Morgan fingerprint density at radius 1 is 1.15 bits per heavy atom. The first-order valence-electron chi connectivity index (χ1n) is 9.49. The summed E-state index contributed by atoms with van der Waals surface area (Å²) in [6, 6.07) is 1.92. The molecule has 0 bridgehead atoms. The van der Waals surface area contributed by atoms with Crippen LogP contribution < -0.4 is 19.8 Å². The number of alkyl halides is 2. The Hall–Kier alpha value is -3.51. The zero-order valence-corrected chi connectivity index (χ0v) is 19.1. The van der Waals surface area contributed by atoms with E-state index in [9.17, 15) is 23.2 Å². The topological polar surface area (TPSA) is 66.9 Å². The molecule has 34 heavy (non-hydrogen) atoms. The summed E-state index contributed by atoms with van der Waals surface area (Å²) in [6.45, 7) is 2.26. The quantitative estimate of drug-likeness (QED) is 0.282. The van der Waals surface area contributed by atoms with Crippen LogP contribution in [0.1, 0.15) is 19.4 Å². The molecule has 3 amide bonds. The number of ether oxygens (including phenoxy) is 1. The molecule has 12 heteroatoms. The first kappa shape index (κ1) is 25.1. The van der Waals surface area contributed by atoms with Crippen molar-refractivity contribution in [1.82, 2.24) is 0 Å². The molecule has 178 valence electrons. The second kappa shape index (κ2) is 8.69. The second-order valence-corrected chi connectivity index (χ2v) is 7.91. The lowest BCUT2D eigenvalue weighted by Gasteiger charge is -2.33. The van der Waals surface area contributed by atoms with Crippen molar-refractivity contribution in [3.05, 3.63) is 35.1 Å². The Balaban J connectivity index is 2.32. The van der Waals surface area contributed by atoms with E-state index in [0.29, 0.717) is 4.90 Å². The van der Waals surface area contributed by atoms with Crippen LogP contribution in [0.3, 0.4) is 0 Å². The van der Waals surface area contributed by atoms with Gasteiger partial charge in [0.25, 0.3) is 0 Å². The molecule has 0 saturated heterocycles. The fraction of sp³-hybridized carbons (Fsp3) is 0.227. The van der Waals surface area contributed by atoms with Crippen molar-refractivity contribution in [2.45, 2.75) is 26.9 Å². The zero-order valence-electron chi connectivity index (χ0n) is 17.9. The molecule has 1 unspecified atom stereocenters. The number of benzene rings is 2. The summed E-state index contributed by atoms with van der Waals surface area (Å²) in [5.41, 5.74) is -3.00. The zero-order chi connectivity index (χ0) is 25.7. The molecule has 0 fully saturated rings. The molecule has 1 aliphatic rings. The van der Waals surface area contributed by atoms with Crippen LogP contribution in [0.2, 0.25) is 0 Å². The number of amides is 3. The largest absolute Gasteiger partial charge is 0.483 e. The highest BCUT2D eigenvalue weighted by atomic mass is 31.0. The summed E-state index contributed by atoms with van der Waals surface area (Å²) in [5.74, 6) is -6.94. The molecule has 1 atom stereocenters. The van der Waals surface area contributed by atoms with Crippen molar-refractivity contribution >= 4 is 43.6 Å². The van der Waals surface area contributed by atoms with Crippen LogP contribution in [0.4, 0.5) is 33.3 Å². The number of imide groups is 1. The summed E-state index contributed by atoms with van der Waals surface area (Å²) in [6.07, 6.45) is 0.935. The standard InChI is InChI=1S/C22H16F5N2O4P/c1-5-6-28-13-7-12(15(34)8-14(13)33-22(26,27)21(28)32)16-17(23)9(2)20(19(25)18(16)24)29(10(3)30)11(4)31/h1,7-8H,6,34H2,2-4H3. The van der Waals surface area contributed by atoms with E-state index in [4.69, 9.17) is 6.42 Å². The minimum atomic E-state index is -4.23. The summed E-state index contributed by atoms with van der Waals surface area (Å²) in [7, 11) is 2.05. The van der Waals surface area contributed by atoms with E-state index in [1.165, 1.54) is 0 Å². The fourth-order valence-electron chi connectivity index (χ4n) is 3.59. The lowest BCUT2D eigenvalue weighted by atomic mass is 9.97. The maximum absolute atomic E-state index is 15.4. The van der Waals surface area contributed by atoms with Gasteiger partial charge in [-0.1, -0.05) is 5.92 Å². The average molecular weight is 498 g/mol. The number of rotatable bonds is 3. The summed E-state index contributed by atoms with van der Waals surface area (Å²) in [4.78, 5) is 36.5.